The highest BCUT2D eigenvalue weighted by Crippen LogP contribution is 2.25. The number of ether oxygens (including phenoxy) is 2. The van der Waals surface area contributed by atoms with Crippen LogP contribution in [0.1, 0.15) is 18.1 Å². The SMILES string of the molecule is CCOc1ccc(NCCOc2cc(C)c(Cl)c(C)c2)cc1. The van der Waals surface area contributed by atoms with E-state index in [9.17, 15) is 0 Å². The molecule has 1 N–H and O–H groups in total. The molecule has 0 amide bonds. The van der Waals surface area contributed by atoms with Crippen molar-refractivity contribution in [2.75, 3.05) is 25.1 Å². The minimum atomic E-state index is 0.591. The van der Waals surface area contributed by atoms with Crippen LogP contribution in [-0.4, -0.2) is 19.8 Å². The lowest BCUT2D eigenvalue weighted by atomic mass is 10.1. The number of anilines is 1. The van der Waals surface area contributed by atoms with Gasteiger partial charge in [-0.15, -0.1) is 0 Å². The first-order valence-corrected chi connectivity index (χ1v) is 7.84. The van der Waals surface area contributed by atoms with Gasteiger partial charge in [-0.25, -0.2) is 0 Å². The van der Waals surface area contributed by atoms with Crippen molar-refractivity contribution >= 4 is 17.3 Å². The van der Waals surface area contributed by atoms with Crippen molar-refractivity contribution in [1.29, 1.82) is 0 Å². The van der Waals surface area contributed by atoms with Gasteiger partial charge in [0.05, 0.1) is 6.61 Å². The van der Waals surface area contributed by atoms with Crippen molar-refractivity contribution in [1.82, 2.24) is 0 Å². The number of hydrogen-bond acceptors (Lipinski definition) is 3. The maximum absolute atomic E-state index is 6.15. The second-order valence-corrected chi connectivity index (χ2v) is 5.48. The average Bonchev–Trinajstić information content (AvgIpc) is 2.51. The largest absolute Gasteiger partial charge is 0.494 e. The molecule has 0 aliphatic rings. The Morgan fingerprint density at radius 3 is 2.18 bits per heavy atom. The molecule has 0 aliphatic heterocycles. The van der Waals surface area contributed by atoms with Gasteiger partial charge in [-0.3, -0.25) is 0 Å². The van der Waals surface area contributed by atoms with Crippen LogP contribution in [0.25, 0.3) is 0 Å². The van der Waals surface area contributed by atoms with Gasteiger partial charge in [-0.05, 0) is 68.3 Å². The van der Waals surface area contributed by atoms with E-state index in [-0.39, 0.29) is 0 Å². The summed E-state index contributed by atoms with van der Waals surface area (Å²) in [7, 11) is 0. The predicted octanol–water partition coefficient (Wildman–Crippen LogP) is 4.85. The molecule has 0 radical (unpaired) electrons. The van der Waals surface area contributed by atoms with E-state index in [0.29, 0.717) is 13.2 Å². The fourth-order valence-corrected chi connectivity index (χ4v) is 2.30. The van der Waals surface area contributed by atoms with E-state index in [1.54, 1.807) is 0 Å². The van der Waals surface area contributed by atoms with Crippen LogP contribution >= 0.6 is 11.6 Å². The zero-order valence-corrected chi connectivity index (χ0v) is 14.0. The van der Waals surface area contributed by atoms with Gasteiger partial charge >= 0.3 is 0 Å². The summed E-state index contributed by atoms with van der Waals surface area (Å²) >= 11 is 6.15. The Morgan fingerprint density at radius 2 is 1.59 bits per heavy atom. The van der Waals surface area contributed by atoms with E-state index in [4.69, 9.17) is 21.1 Å². The Kier molecular flexibility index (Phi) is 5.96. The molecular formula is C18H22ClNO2. The molecule has 2 rings (SSSR count). The van der Waals surface area contributed by atoms with E-state index >= 15 is 0 Å². The normalized spacial score (nSPS) is 10.4. The van der Waals surface area contributed by atoms with Gasteiger partial charge in [0, 0.05) is 17.3 Å². The molecular weight excluding hydrogens is 298 g/mol. The van der Waals surface area contributed by atoms with Crippen LogP contribution in [-0.2, 0) is 0 Å². The monoisotopic (exact) mass is 319 g/mol. The summed E-state index contributed by atoms with van der Waals surface area (Å²) in [6.45, 7) is 7.95. The van der Waals surface area contributed by atoms with E-state index < -0.39 is 0 Å². The number of rotatable bonds is 7. The Hall–Kier alpha value is -1.87. The van der Waals surface area contributed by atoms with E-state index in [1.807, 2.05) is 57.2 Å². The second-order valence-electron chi connectivity index (χ2n) is 5.10. The maximum Gasteiger partial charge on any atom is 0.120 e. The Balaban J connectivity index is 1.79. The number of aryl methyl sites for hydroxylation is 2. The molecule has 2 aromatic rings. The van der Waals surface area contributed by atoms with Crippen molar-refractivity contribution in [3.8, 4) is 11.5 Å². The Bertz CT molecular complexity index is 588. The van der Waals surface area contributed by atoms with Crippen LogP contribution in [0.4, 0.5) is 5.69 Å². The number of halogens is 1. The van der Waals surface area contributed by atoms with Crippen LogP contribution in [0.5, 0.6) is 11.5 Å². The fraction of sp³-hybridized carbons (Fsp3) is 0.333. The maximum atomic E-state index is 6.15. The third-order valence-corrected chi connectivity index (χ3v) is 3.87. The number of nitrogens with one attached hydrogen (secondary N) is 1. The number of hydrogen-bond donors (Lipinski definition) is 1. The van der Waals surface area contributed by atoms with Gasteiger partial charge in [0.25, 0.3) is 0 Å². The standard InChI is InChI=1S/C18H22ClNO2/c1-4-21-16-7-5-15(6-8-16)20-9-10-22-17-11-13(2)18(19)14(3)12-17/h5-8,11-12,20H,4,9-10H2,1-3H3. The molecule has 2 aromatic carbocycles. The van der Waals surface area contributed by atoms with Crippen LogP contribution in [0.15, 0.2) is 36.4 Å². The molecule has 0 unspecified atom stereocenters. The zero-order valence-electron chi connectivity index (χ0n) is 13.3. The predicted molar refractivity (Wildman–Crippen MR) is 92.5 cm³/mol. The van der Waals surface area contributed by atoms with E-state index in [0.717, 1.165) is 39.9 Å². The van der Waals surface area contributed by atoms with Crippen molar-refractivity contribution < 1.29 is 9.47 Å². The van der Waals surface area contributed by atoms with Crippen LogP contribution in [0.3, 0.4) is 0 Å². The summed E-state index contributed by atoms with van der Waals surface area (Å²) < 4.78 is 11.2. The van der Waals surface area contributed by atoms with Crippen molar-refractivity contribution in [3.63, 3.8) is 0 Å². The second kappa shape index (κ2) is 7.95. The Labute approximate surface area is 137 Å². The van der Waals surface area contributed by atoms with Crippen molar-refractivity contribution in [2.45, 2.75) is 20.8 Å². The van der Waals surface area contributed by atoms with E-state index in [2.05, 4.69) is 5.32 Å². The fourth-order valence-electron chi connectivity index (χ4n) is 2.19. The van der Waals surface area contributed by atoms with Gasteiger partial charge in [-0.1, -0.05) is 11.6 Å². The summed E-state index contributed by atoms with van der Waals surface area (Å²) in [5.74, 6) is 1.74. The molecule has 0 saturated carbocycles. The Morgan fingerprint density at radius 1 is 0.955 bits per heavy atom. The molecule has 118 valence electrons. The molecule has 0 aromatic heterocycles. The lowest BCUT2D eigenvalue weighted by Gasteiger charge is -2.11. The third kappa shape index (κ3) is 4.57. The molecule has 0 spiro atoms. The summed E-state index contributed by atoms with van der Waals surface area (Å²) in [4.78, 5) is 0. The zero-order chi connectivity index (χ0) is 15.9. The highest BCUT2D eigenvalue weighted by molar-refractivity contribution is 6.32. The molecule has 4 heteroatoms. The minimum absolute atomic E-state index is 0.591. The molecule has 0 heterocycles. The lowest BCUT2D eigenvalue weighted by Crippen LogP contribution is -2.11. The summed E-state index contributed by atoms with van der Waals surface area (Å²) in [6, 6.07) is 11.8. The topological polar surface area (TPSA) is 30.5 Å². The summed E-state index contributed by atoms with van der Waals surface area (Å²) in [5, 5.41) is 4.12. The molecule has 22 heavy (non-hydrogen) atoms. The first kappa shape index (κ1) is 16.5. The van der Waals surface area contributed by atoms with Crippen molar-refractivity contribution in [3.05, 3.63) is 52.5 Å². The highest BCUT2D eigenvalue weighted by Gasteiger charge is 2.03. The molecule has 0 aliphatic carbocycles. The van der Waals surface area contributed by atoms with Gasteiger partial charge in [-0.2, -0.15) is 0 Å². The molecule has 3 nitrogen and oxygen atoms in total. The molecule has 0 fully saturated rings. The average molecular weight is 320 g/mol. The van der Waals surface area contributed by atoms with E-state index in [1.165, 1.54) is 0 Å². The molecule has 0 atom stereocenters. The van der Waals surface area contributed by atoms with Crippen LogP contribution in [0.2, 0.25) is 5.02 Å². The smallest absolute Gasteiger partial charge is 0.120 e. The van der Waals surface area contributed by atoms with Gasteiger partial charge in [0.1, 0.15) is 18.1 Å². The van der Waals surface area contributed by atoms with Gasteiger partial charge < -0.3 is 14.8 Å². The first-order chi connectivity index (χ1) is 10.6. The van der Waals surface area contributed by atoms with Crippen molar-refractivity contribution in [2.24, 2.45) is 0 Å². The lowest BCUT2D eigenvalue weighted by molar-refractivity contribution is 0.332. The van der Waals surface area contributed by atoms with Gasteiger partial charge in [0.2, 0.25) is 0 Å². The minimum Gasteiger partial charge on any atom is -0.494 e. The van der Waals surface area contributed by atoms with Crippen LogP contribution in [0, 0.1) is 13.8 Å². The third-order valence-electron chi connectivity index (χ3n) is 3.28. The summed E-state index contributed by atoms with van der Waals surface area (Å²) in [6.07, 6.45) is 0. The quantitative estimate of drug-likeness (QED) is 0.740. The summed E-state index contributed by atoms with van der Waals surface area (Å²) in [5.41, 5.74) is 3.13. The van der Waals surface area contributed by atoms with Gasteiger partial charge in [0.15, 0.2) is 0 Å². The molecule has 0 saturated heterocycles. The number of benzene rings is 2. The highest BCUT2D eigenvalue weighted by atomic mass is 35.5. The molecule has 0 bridgehead atoms. The van der Waals surface area contributed by atoms with Crippen LogP contribution < -0.4 is 14.8 Å². The first-order valence-electron chi connectivity index (χ1n) is 7.46.